The minimum Gasteiger partial charge on any atom is -0.353 e. The predicted molar refractivity (Wildman–Crippen MR) is 120 cm³/mol. The molecule has 0 bridgehead atoms. The number of carbonyl (C=O) groups excluding carboxylic acids is 2. The van der Waals surface area contributed by atoms with Gasteiger partial charge < -0.3 is 10.6 Å². The molecule has 0 radical (unpaired) electrons. The van der Waals surface area contributed by atoms with Gasteiger partial charge in [0.25, 0.3) is 0 Å². The van der Waals surface area contributed by atoms with Gasteiger partial charge >= 0.3 is 0 Å². The molecule has 30 heavy (non-hydrogen) atoms. The molecule has 2 aromatic rings. The third-order valence-corrected chi connectivity index (χ3v) is 8.19. The molecular formula is C21H25ClN4O2S2. The maximum absolute atomic E-state index is 12.7. The molecule has 2 aliphatic carbocycles. The van der Waals surface area contributed by atoms with E-state index in [0.717, 1.165) is 60.6 Å². The third kappa shape index (κ3) is 5.53. The summed E-state index contributed by atoms with van der Waals surface area (Å²) in [6.07, 6.45) is 7.66. The van der Waals surface area contributed by atoms with Crippen LogP contribution in [0.4, 0.5) is 5.69 Å². The Bertz CT molecular complexity index is 879. The van der Waals surface area contributed by atoms with E-state index in [9.17, 15) is 9.59 Å². The summed E-state index contributed by atoms with van der Waals surface area (Å²) in [6.45, 7) is 0. The first-order valence-electron chi connectivity index (χ1n) is 10.4. The van der Waals surface area contributed by atoms with Gasteiger partial charge in [0.15, 0.2) is 4.34 Å². The van der Waals surface area contributed by atoms with Crippen LogP contribution in [-0.4, -0.2) is 28.1 Å². The first kappa shape index (κ1) is 21.6. The predicted octanol–water partition coefficient (Wildman–Crippen LogP) is 5.15. The topological polar surface area (TPSA) is 84.0 Å². The molecule has 2 saturated carbocycles. The summed E-state index contributed by atoms with van der Waals surface area (Å²) in [5.74, 6) is 0.403. The Morgan fingerprint density at radius 2 is 1.77 bits per heavy atom. The molecule has 1 aromatic carbocycles. The number of amides is 2. The molecule has 0 saturated heterocycles. The molecule has 2 amide bonds. The lowest BCUT2D eigenvalue weighted by Crippen LogP contribution is -2.41. The summed E-state index contributed by atoms with van der Waals surface area (Å²) in [5.41, 5.74) is 2.38. The molecule has 0 aliphatic heterocycles. The van der Waals surface area contributed by atoms with E-state index in [1.54, 1.807) is 11.6 Å². The lowest BCUT2D eigenvalue weighted by atomic mass is 9.85. The molecule has 160 valence electrons. The van der Waals surface area contributed by atoms with Crippen molar-refractivity contribution < 1.29 is 9.59 Å². The maximum Gasteiger partial charge on any atom is 0.227 e. The Hall–Kier alpha value is -1.64. The van der Waals surface area contributed by atoms with Crippen LogP contribution in [0.5, 0.6) is 0 Å². The van der Waals surface area contributed by atoms with Crippen LogP contribution in [0.15, 0.2) is 32.9 Å². The Kier molecular flexibility index (Phi) is 7.28. The number of hydrogen-bond acceptors (Lipinski definition) is 6. The van der Waals surface area contributed by atoms with Crippen LogP contribution in [0.3, 0.4) is 0 Å². The third-order valence-electron chi connectivity index (χ3n) is 5.91. The van der Waals surface area contributed by atoms with Crippen molar-refractivity contribution in [2.45, 2.75) is 66.6 Å². The molecule has 1 heterocycles. The van der Waals surface area contributed by atoms with Gasteiger partial charge in [-0.25, -0.2) is 0 Å². The minimum absolute atomic E-state index is 0.0242. The number of benzene rings is 1. The molecule has 0 atom stereocenters. The molecule has 4 rings (SSSR count). The van der Waals surface area contributed by atoms with E-state index >= 15 is 0 Å². The lowest BCUT2D eigenvalue weighted by Gasteiger charge is -2.29. The van der Waals surface area contributed by atoms with Gasteiger partial charge in [0.05, 0.1) is 5.02 Å². The minimum atomic E-state index is -0.0288. The van der Waals surface area contributed by atoms with E-state index in [0.29, 0.717) is 10.7 Å². The first-order valence-corrected chi connectivity index (χ1v) is 12.5. The second-order valence-electron chi connectivity index (χ2n) is 7.98. The van der Waals surface area contributed by atoms with E-state index in [-0.39, 0.29) is 29.7 Å². The maximum atomic E-state index is 12.7. The van der Waals surface area contributed by atoms with Crippen LogP contribution in [-0.2, 0) is 9.59 Å². The van der Waals surface area contributed by atoms with Gasteiger partial charge in [-0.1, -0.05) is 47.5 Å². The SMILES string of the molecule is O=C(Nc1ccc(Sc2nncs2)c(Cl)c1)C1CCC(NC(=O)C2CCCC2)CC1. The number of carbonyl (C=O) groups is 2. The first-order chi connectivity index (χ1) is 14.6. The molecule has 2 fully saturated rings. The Balaban J connectivity index is 1.25. The van der Waals surface area contributed by atoms with E-state index in [2.05, 4.69) is 20.8 Å². The molecule has 1 aromatic heterocycles. The number of anilines is 1. The van der Waals surface area contributed by atoms with Crippen molar-refractivity contribution in [2.24, 2.45) is 11.8 Å². The average molecular weight is 465 g/mol. The number of nitrogens with one attached hydrogen (secondary N) is 2. The number of rotatable bonds is 6. The second-order valence-corrected chi connectivity index (χ2v) is 10.5. The average Bonchev–Trinajstić information content (AvgIpc) is 3.45. The number of nitrogens with zero attached hydrogens (tertiary/aromatic N) is 2. The van der Waals surface area contributed by atoms with Crippen molar-refractivity contribution in [2.75, 3.05) is 5.32 Å². The standard InChI is InChI=1S/C21H25ClN4O2S2/c22-17-11-16(9-10-18(17)30-21-26-23-12-29-21)25-20(28)14-5-7-15(8-6-14)24-19(27)13-3-1-2-4-13/h9-15H,1-8H2,(H,24,27)(H,25,28). The van der Waals surface area contributed by atoms with Crippen molar-refractivity contribution in [3.8, 4) is 0 Å². The van der Waals surface area contributed by atoms with Crippen LogP contribution in [0.1, 0.15) is 51.4 Å². The fraction of sp³-hybridized carbons (Fsp3) is 0.524. The van der Waals surface area contributed by atoms with Crippen molar-refractivity contribution in [1.29, 1.82) is 0 Å². The van der Waals surface area contributed by atoms with Gasteiger partial charge in [0.1, 0.15) is 5.51 Å². The monoisotopic (exact) mass is 464 g/mol. The van der Waals surface area contributed by atoms with E-state index < -0.39 is 0 Å². The molecular weight excluding hydrogens is 440 g/mol. The molecule has 6 nitrogen and oxygen atoms in total. The van der Waals surface area contributed by atoms with Crippen LogP contribution >= 0.6 is 34.7 Å². The van der Waals surface area contributed by atoms with Crippen LogP contribution < -0.4 is 10.6 Å². The Morgan fingerprint density at radius 1 is 1.03 bits per heavy atom. The lowest BCUT2D eigenvalue weighted by molar-refractivity contribution is -0.125. The Morgan fingerprint density at radius 3 is 2.43 bits per heavy atom. The largest absolute Gasteiger partial charge is 0.353 e. The number of hydrogen-bond donors (Lipinski definition) is 2. The molecule has 2 aliphatic rings. The highest BCUT2D eigenvalue weighted by Gasteiger charge is 2.29. The van der Waals surface area contributed by atoms with Gasteiger partial charge in [0, 0.05) is 28.5 Å². The zero-order chi connectivity index (χ0) is 20.9. The summed E-state index contributed by atoms with van der Waals surface area (Å²) < 4.78 is 0.825. The number of aromatic nitrogens is 2. The quantitative estimate of drug-likeness (QED) is 0.617. The summed E-state index contributed by atoms with van der Waals surface area (Å²) in [5, 5.41) is 14.6. The highest BCUT2D eigenvalue weighted by molar-refractivity contribution is 8.01. The fourth-order valence-electron chi connectivity index (χ4n) is 4.21. The van der Waals surface area contributed by atoms with Gasteiger partial charge in [0.2, 0.25) is 11.8 Å². The van der Waals surface area contributed by atoms with Crippen LogP contribution in [0, 0.1) is 11.8 Å². The summed E-state index contributed by atoms with van der Waals surface area (Å²) in [4.78, 5) is 25.9. The van der Waals surface area contributed by atoms with Crippen molar-refractivity contribution >= 4 is 52.2 Å². The molecule has 0 spiro atoms. The van der Waals surface area contributed by atoms with Gasteiger partial charge in [-0.15, -0.1) is 10.2 Å². The normalized spacial score (nSPS) is 22.0. The summed E-state index contributed by atoms with van der Waals surface area (Å²) in [7, 11) is 0. The zero-order valence-corrected chi connectivity index (χ0v) is 19.0. The van der Waals surface area contributed by atoms with Crippen LogP contribution in [0.2, 0.25) is 5.02 Å². The van der Waals surface area contributed by atoms with E-state index in [4.69, 9.17) is 11.6 Å². The van der Waals surface area contributed by atoms with Crippen molar-refractivity contribution in [1.82, 2.24) is 15.5 Å². The van der Waals surface area contributed by atoms with E-state index in [1.165, 1.54) is 23.1 Å². The highest BCUT2D eigenvalue weighted by atomic mass is 35.5. The highest BCUT2D eigenvalue weighted by Crippen LogP contribution is 2.35. The van der Waals surface area contributed by atoms with Crippen molar-refractivity contribution in [3.05, 3.63) is 28.7 Å². The summed E-state index contributed by atoms with van der Waals surface area (Å²) >= 11 is 9.29. The van der Waals surface area contributed by atoms with Gasteiger partial charge in [-0.3, -0.25) is 9.59 Å². The smallest absolute Gasteiger partial charge is 0.227 e. The van der Waals surface area contributed by atoms with E-state index in [1.807, 2.05) is 12.1 Å². The second kappa shape index (κ2) is 10.1. The Labute approximate surface area is 189 Å². The van der Waals surface area contributed by atoms with Gasteiger partial charge in [-0.05, 0) is 56.7 Å². The summed E-state index contributed by atoms with van der Waals surface area (Å²) in [6, 6.07) is 5.73. The van der Waals surface area contributed by atoms with Gasteiger partial charge in [-0.2, -0.15) is 0 Å². The number of halogens is 1. The molecule has 2 N–H and O–H groups in total. The fourth-order valence-corrected chi connectivity index (χ4v) is 5.95. The van der Waals surface area contributed by atoms with Crippen molar-refractivity contribution in [3.63, 3.8) is 0 Å². The zero-order valence-electron chi connectivity index (χ0n) is 16.6. The van der Waals surface area contributed by atoms with Crippen LogP contribution in [0.25, 0.3) is 0 Å². The molecule has 9 heteroatoms. The molecule has 0 unspecified atom stereocenters.